The van der Waals surface area contributed by atoms with Gasteiger partial charge in [-0.1, -0.05) is 24.3 Å². The minimum absolute atomic E-state index is 0.0153. The van der Waals surface area contributed by atoms with Crippen molar-refractivity contribution in [3.8, 4) is 11.5 Å². The lowest BCUT2D eigenvalue weighted by molar-refractivity contribution is 0.0519. The van der Waals surface area contributed by atoms with E-state index in [0.29, 0.717) is 42.0 Å². The van der Waals surface area contributed by atoms with Crippen LogP contribution in [0.25, 0.3) is 0 Å². The van der Waals surface area contributed by atoms with E-state index in [9.17, 15) is 9.59 Å². The number of ether oxygens (including phenoxy) is 3. The van der Waals surface area contributed by atoms with Gasteiger partial charge in [0.15, 0.2) is 5.78 Å². The summed E-state index contributed by atoms with van der Waals surface area (Å²) in [5, 5.41) is 0. The molecule has 1 aliphatic rings. The Hall–Kier alpha value is -3.54. The Balaban J connectivity index is 1.78. The van der Waals surface area contributed by atoms with E-state index < -0.39 is 5.97 Å². The predicted octanol–water partition coefficient (Wildman–Crippen LogP) is 5.02. The second-order valence-corrected chi connectivity index (χ2v) is 8.29. The van der Waals surface area contributed by atoms with Crippen LogP contribution >= 0.6 is 0 Å². The third-order valence-electron chi connectivity index (χ3n) is 6.33. The van der Waals surface area contributed by atoms with Crippen LogP contribution in [0.15, 0.2) is 42.5 Å². The quantitative estimate of drug-likeness (QED) is 0.515. The fraction of sp³-hybridized carbons (Fsp3) is 0.333. The minimum Gasteiger partial charge on any atom is -0.497 e. The Morgan fingerprint density at radius 3 is 2.58 bits per heavy atom. The largest absolute Gasteiger partial charge is 0.497 e. The summed E-state index contributed by atoms with van der Waals surface area (Å²) in [7, 11) is 3.24. The van der Waals surface area contributed by atoms with Crippen molar-refractivity contribution in [2.75, 3.05) is 20.8 Å². The fourth-order valence-electron chi connectivity index (χ4n) is 4.66. The lowest BCUT2D eigenvalue weighted by Gasteiger charge is -2.24. The molecule has 0 aliphatic heterocycles. The number of aryl methyl sites for hydroxylation is 1. The molecule has 0 radical (unpaired) electrons. The number of Topliss-reactive ketones (excluding diaryl/α,β-unsaturated/α-hetero) is 1. The molecule has 1 N–H and O–H groups in total. The first-order valence-electron chi connectivity index (χ1n) is 11.2. The van der Waals surface area contributed by atoms with Gasteiger partial charge < -0.3 is 19.2 Å². The summed E-state index contributed by atoms with van der Waals surface area (Å²) in [4.78, 5) is 29.5. The van der Waals surface area contributed by atoms with Crippen molar-refractivity contribution in [3.05, 3.63) is 81.7 Å². The summed E-state index contributed by atoms with van der Waals surface area (Å²) in [6, 6.07) is 13.6. The Morgan fingerprint density at radius 1 is 1.09 bits per heavy atom. The number of methoxy groups -OCH3 is 2. The van der Waals surface area contributed by atoms with E-state index in [4.69, 9.17) is 14.2 Å². The molecule has 4 rings (SSSR count). The number of aromatic nitrogens is 1. The Kier molecular flexibility index (Phi) is 6.54. The van der Waals surface area contributed by atoms with Gasteiger partial charge in [0, 0.05) is 35.6 Å². The number of aromatic amines is 1. The highest BCUT2D eigenvalue weighted by molar-refractivity contribution is 6.04. The number of fused-ring (bicyclic) bond motifs is 1. The third kappa shape index (κ3) is 4.38. The molecule has 33 heavy (non-hydrogen) atoms. The van der Waals surface area contributed by atoms with Crippen molar-refractivity contribution < 1.29 is 23.8 Å². The summed E-state index contributed by atoms with van der Waals surface area (Å²) in [5.41, 5.74) is 5.60. The molecule has 6 nitrogen and oxygen atoms in total. The van der Waals surface area contributed by atoms with Crippen LogP contribution in [0.1, 0.15) is 68.1 Å². The fourth-order valence-corrected chi connectivity index (χ4v) is 4.66. The number of carbonyl (C=O) groups is 2. The van der Waals surface area contributed by atoms with Crippen molar-refractivity contribution in [1.29, 1.82) is 0 Å². The van der Waals surface area contributed by atoms with Gasteiger partial charge in [0.1, 0.15) is 17.2 Å². The second kappa shape index (κ2) is 9.53. The van der Waals surface area contributed by atoms with Crippen LogP contribution < -0.4 is 9.47 Å². The number of esters is 1. The van der Waals surface area contributed by atoms with Gasteiger partial charge in [-0.15, -0.1) is 0 Å². The number of H-pyrrole nitrogens is 1. The predicted molar refractivity (Wildman–Crippen MR) is 126 cm³/mol. The van der Waals surface area contributed by atoms with Crippen molar-refractivity contribution in [2.24, 2.45) is 0 Å². The van der Waals surface area contributed by atoms with Crippen molar-refractivity contribution in [1.82, 2.24) is 4.98 Å². The summed E-state index contributed by atoms with van der Waals surface area (Å²) in [6.07, 6.45) is 1.41. The Labute approximate surface area is 193 Å². The summed E-state index contributed by atoms with van der Waals surface area (Å²) >= 11 is 0. The van der Waals surface area contributed by atoms with Gasteiger partial charge in [-0.25, -0.2) is 4.79 Å². The van der Waals surface area contributed by atoms with Crippen molar-refractivity contribution >= 4 is 11.8 Å². The summed E-state index contributed by atoms with van der Waals surface area (Å²) in [5.74, 6) is 0.924. The van der Waals surface area contributed by atoms with Crippen LogP contribution in [-0.4, -0.2) is 37.6 Å². The first-order valence-corrected chi connectivity index (χ1v) is 11.2. The molecule has 0 amide bonds. The number of benzene rings is 2. The molecule has 1 heterocycles. The number of nitrogens with one attached hydrogen (secondary N) is 1. The first-order chi connectivity index (χ1) is 16.0. The van der Waals surface area contributed by atoms with Crippen LogP contribution in [-0.2, 0) is 17.6 Å². The van der Waals surface area contributed by atoms with Gasteiger partial charge in [-0.05, 0) is 55.2 Å². The molecule has 0 fully saturated rings. The Bertz CT molecular complexity index is 1190. The molecule has 0 saturated carbocycles. The highest BCUT2D eigenvalue weighted by Crippen LogP contribution is 2.40. The van der Waals surface area contributed by atoms with Gasteiger partial charge in [0.2, 0.25) is 0 Å². The molecule has 2 aromatic carbocycles. The normalized spacial score (nSPS) is 15.2. The van der Waals surface area contributed by atoms with E-state index in [2.05, 4.69) is 4.98 Å². The van der Waals surface area contributed by atoms with E-state index in [1.165, 1.54) is 0 Å². The lowest BCUT2D eigenvalue weighted by atomic mass is 9.80. The van der Waals surface area contributed by atoms with E-state index in [-0.39, 0.29) is 18.3 Å². The molecule has 1 atom stereocenters. The van der Waals surface area contributed by atoms with Crippen LogP contribution in [0.2, 0.25) is 0 Å². The molecule has 1 aliphatic carbocycles. The minimum atomic E-state index is -0.432. The lowest BCUT2D eigenvalue weighted by Crippen LogP contribution is -2.20. The van der Waals surface area contributed by atoms with Gasteiger partial charge in [0.05, 0.1) is 20.8 Å². The number of hydrogen-bond acceptors (Lipinski definition) is 5. The summed E-state index contributed by atoms with van der Waals surface area (Å²) in [6.45, 7) is 4.08. The van der Waals surface area contributed by atoms with Crippen LogP contribution in [0.5, 0.6) is 11.5 Å². The molecule has 1 aromatic heterocycles. The summed E-state index contributed by atoms with van der Waals surface area (Å²) < 4.78 is 16.3. The molecule has 0 spiro atoms. The van der Waals surface area contributed by atoms with E-state index >= 15 is 0 Å². The highest BCUT2D eigenvalue weighted by atomic mass is 16.5. The molecule has 172 valence electrons. The van der Waals surface area contributed by atoms with Crippen molar-refractivity contribution in [3.63, 3.8) is 0 Å². The van der Waals surface area contributed by atoms with E-state index in [0.717, 1.165) is 27.9 Å². The SMILES string of the molecule is CCOC(=O)c1[nH]c2c(c1Cc1ccccc1C)C(=O)C[C@@H](c1cc(OC)ccc1OC)C2. The first kappa shape index (κ1) is 22.6. The smallest absolute Gasteiger partial charge is 0.355 e. The highest BCUT2D eigenvalue weighted by Gasteiger charge is 2.35. The van der Waals surface area contributed by atoms with Gasteiger partial charge >= 0.3 is 5.97 Å². The molecule has 0 unspecified atom stereocenters. The van der Waals surface area contributed by atoms with Crippen LogP contribution in [0.4, 0.5) is 0 Å². The number of ketones is 1. The maximum Gasteiger partial charge on any atom is 0.355 e. The Morgan fingerprint density at radius 2 is 1.88 bits per heavy atom. The second-order valence-electron chi connectivity index (χ2n) is 8.29. The molecule has 0 saturated heterocycles. The molecule has 6 heteroatoms. The topological polar surface area (TPSA) is 77.6 Å². The monoisotopic (exact) mass is 447 g/mol. The molecular weight excluding hydrogens is 418 g/mol. The van der Waals surface area contributed by atoms with Gasteiger partial charge in [-0.3, -0.25) is 4.79 Å². The number of rotatable bonds is 7. The third-order valence-corrected chi connectivity index (χ3v) is 6.33. The zero-order valence-electron chi connectivity index (χ0n) is 19.5. The maximum atomic E-state index is 13.5. The molecule has 3 aromatic rings. The van der Waals surface area contributed by atoms with Gasteiger partial charge in [0.25, 0.3) is 0 Å². The van der Waals surface area contributed by atoms with E-state index in [1.54, 1.807) is 21.1 Å². The van der Waals surface area contributed by atoms with Crippen LogP contribution in [0.3, 0.4) is 0 Å². The zero-order chi connectivity index (χ0) is 23.5. The van der Waals surface area contributed by atoms with E-state index in [1.807, 2.05) is 49.4 Å². The van der Waals surface area contributed by atoms with Gasteiger partial charge in [-0.2, -0.15) is 0 Å². The zero-order valence-corrected chi connectivity index (χ0v) is 19.5. The standard InChI is InChI=1S/C27H29NO5/c1-5-33-27(30)26-21(12-17-9-7-6-8-16(17)2)25-22(28-26)13-18(14-23(25)29)20-15-19(31-3)10-11-24(20)32-4/h6-11,15,18,28H,5,12-14H2,1-4H3/t18-/m0/s1. The molecular formula is C27H29NO5. The average molecular weight is 448 g/mol. The average Bonchev–Trinajstić information content (AvgIpc) is 3.19. The molecule has 0 bridgehead atoms. The van der Waals surface area contributed by atoms with Crippen molar-refractivity contribution in [2.45, 2.75) is 39.0 Å². The number of carbonyl (C=O) groups excluding carboxylic acids is 2. The maximum absolute atomic E-state index is 13.5. The van der Waals surface area contributed by atoms with Crippen LogP contribution in [0, 0.1) is 6.92 Å². The number of hydrogen-bond donors (Lipinski definition) is 1.